The number of H-pyrrole nitrogens is 1. The van der Waals surface area contributed by atoms with Crippen LogP contribution in [0.25, 0.3) is 10.9 Å². The van der Waals surface area contributed by atoms with Crippen LogP contribution in [0.5, 0.6) is 0 Å². The molecule has 3 aromatic rings. The minimum Gasteiger partial charge on any atom is -0.358 e. The third-order valence-corrected chi connectivity index (χ3v) is 7.98. The molecule has 2 heterocycles. The Hall–Kier alpha value is -2.92. The van der Waals surface area contributed by atoms with E-state index >= 15 is 0 Å². The molecule has 0 spiro atoms. The Morgan fingerprint density at radius 3 is 2.24 bits per heavy atom. The van der Waals surface area contributed by atoms with Crippen molar-refractivity contribution in [1.82, 2.24) is 14.8 Å². The third kappa shape index (κ3) is 3.89. The van der Waals surface area contributed by atoms with Crippen molar-refractivity contribution in [2.45, 2.75) is 56.4 Å². The van der Waals surface area contributed by atoms with E-state index in [0.29, 0.717) is 31.7 Å². The zero-order chi connectivity index (χ0) is 23.0. The molecule has 2 aliphatic rings. The minimum atomic E-state index is -0.0299. The van der Waals surface area contributed by atoms with E-state index in [1.54, 1.807) is 0 Å². The van der Waals surface area contributed by atoms with Crippen molar-refractivity contribution in [3.8, 4) is 0 Å². The number of hydrogen-bond donors (Lipinski definition) is 1. The van der Waals surface area contributed by atoms with Crippen LogP contribution in [-0.2, 0) is 21.5 Å². The number of likely N-dealkylation sites (tertiary alicyclic amines) is 1. The molecule has 0 radical (unpaired) electrons. The number of fused-ring (bicyclic) bond motifs is 1. The van der Waals surface area contributed by atoms with Gasteiger partial charge < -0.3 is 4.98 Å². The molecule has 1 aliphatic carbocycles. The maximum atomic E-state index is 12.2. The number of aromatic amines is 1. The first-order valence-electron chi connectivity index (χ1n) is 12.2. The Morgan fingerprint density at radius 1 is 0.939 bits per heavy atom. The van der Waals surface area contributed by atoms with Crippen LogP contribution in [0, 0.1) is 0 Å². The summed E-state index contributed by atoms with van der Waals surface area (Å²) in [6.07, 6.45) is 5.84. The molecule has 0 unspecified atom stereocenters. The molecule has 1 saturated carbocycles. The first kappa shape index (κ1) is 21.9. The molecular weight excluding hydrogens is 410 g/mol. The van der Waals surface area contributed by atoms with Crippen LogP contribution in [0.15, 0.2) is 54.6 Å². The zero-order valence-corrected chi connectivity index (χ0v) is 19.6. The molecule has 5 heteroatoms. The summed E-state index contributed by atoms with van der Waals surface area (Å²) in [5.41, 5.74) is 5.19. The first-order chi connectivity index (χ1) is 16.0. The number of amides is 2. The quantitative estimate of drug-likeness (QED) is 0.547. The van der Waals surface area contributed by atoms with Crippen molar-refractivity contribution in [2.75, 3.05) is 20.6 Å². The lowest BCUT2D eigenvalue weighted by molar-refractivity contribution is -0.138. The number of carbonyl (C=O) groups is 2. The van der Waals surface area contributed by atoms with Crippen molar-refractivity contribution in [1.29, 1.82) is 0 Å². The van der Waals surface area contributed by atoms with E-state index in [-0.39, 0.29) is 17.4 Å². The van der Waals surface area contributed by atoms with Gasteiger partial charge in [-0.2, -0.15) is 0 Å². The predicted octanol–water partition coefficient (Wildman–Crippen LogP) is 4.97. The van der Waals surface area contributed by atoms with Gasteiger partial charge in [-0.25, -0.2) is 0 Å². The number of aromatic nitrogens is 1. The summed E-state index contributed by atoms with van der Waals surface area (Å²) in [6.45, 7) is 0.477. The lowest BCUT2D eigenvalue weighted by atomic mass is 9.70. The number of benzene rings is 2. The number of imide groups is 1. The van der Waals surface area contributed by atoms with Crippen molar-refractivity contribution in [3.63, 3.8) is 0 Å². The largest absolute Gasteiger partial charge is 0.358 e. The standard InChI is InChI=1S/C28H33N3O2/c1-30(2)28(21-8-4-3-5-9-21)17-14-20(15-18-28)27-23(22-10-6-7-11-24(22)29-27)16-19-31-25(32)12-13-26(31)33/h3-11,20,29H,12-19H2,1-2H3. The van der Waals surface area contributed by atoms with E-state index in [9.17, 15) is 9.59 Å². The van der Waals surface area contributed by atoms with Crippen LogP contribution in [0.1, 0.15) is 61.3 Å². The lowest BCUT2D eigenvalue weighted by Crippen LogP contribution is -2.44. The second-order valence-corrected chi connectivity index (χ2v) is 9.82. The van der Waals surface area contributed by atoms with Gasteiger partial charge in [0.15, 0.2) is 0 Å². The van der Waals surface area contributed by atoms with Gasteiger partial charge in [0.2, 0.25) is 11.8 Å². The Kier molecular flexibility index (Phi) is 5.83. The molecular formula is C28H33N3O2. The topological polar surface area (TPSA) is 56.4 Å². The highest BCUT2D eigenvalue weighted by atomic mass is 16.2. The molecule has 0 atom stereocenters. The third-order valence-electron chi connectivity index (χ3n) is 7.98. The Balaban J connectivity index is 1.42. The van der Waals surface area contributed by atoms with Gasteiger partial charge in [-0.15, -0.1) is 0 Å². The van der Waals surface area contributed by atoms with Gasteiger partial charge in [-0.3, -0.25) is 19.4 Å². The highest BCUT2D eigenvalue weighted by Crippen LogP contribution is 2.47. The summed E-state index contributed by atoms with van der Waals surface area (Å²) >= 11 is 0. The van der Waals surface area contributed by atoms with Gasteiger partial charge in [-0.1, -0.05) is 48.5 Å². The molecule has 2 amide bonds. The zero-order valence-electron chi connectivity index (χ0n) is 19.6. The average molecular weight is 444 g/mol. The minimum absolute atomic E-state index is 0.0299. The molecule has 1 N–H and O–H groups in total. The maximum absolute atomic E-state index is 12.2. The van der Waals surface area contributed by atoms with Crippen LogP contribution >= 0.6 is 0 Å². The second kappa shape index (κ2) is 8.79. The average Bonchev–Trinajstić information content (AvgIpc) is 3.37. The van der Waals surface area contributed by atoms with E-state index in [2.05, 4.69) is 78.6 Å². The molecule has 2 aromatic carbocycles. The molecule has 2 fully saturated rings. The molecule has 172 valence electrons. The van der Waals surface area contributed by atoms with Gasteiger partial charge in [0.25, 0.3) is 0 Å². The summed E-state index contributed by atoms with van der Waals surface area (Å²) in [5, 5.41) is 1.22. The van der Waals surface area contributed by atoms with E-state index in [1.807, 2.05) is 0 Å². The molecule has 1 aromatic heterocycles. The fourth-order valence-corrected chi connectivity index (χ4v) is 6.06. The summed E-state index contributed by atoms with van der Waals surface area (Å²) < 4.78 is 0. The molecule has 0 bridgehead atoms. The second-order valence-electron chi connectivity index (χ2n) is 9.82. The van der Waals surface area contributed by atoms with Crippen LogP contribution in [0.2, 0.25) is 0 Å². The van der Waals surface area contributed by atoms with E-state index in [4.69, 9.17) is 0 Å². The van der Waals surface area contributed by atoms with E-state index < -0.39 is 0 Å². The van der Waals surface area contributed by atoms with Gasteiger partial charge in [0, 0.05) is 41.5 Å². The normalized spacial score (nSPS) is 23.7. The lowest BCUT2D eigenvalue weighted by Gasteiger charge is -2.45. The summed E-state index contributed by atoms with van der Waals surface area (Å²) in [6, 6.07) is 19.3. The Bertz CT molecular complexity index is 1140. The van der Waals surface area contributed by atoms with Crippen LogP contribution in [0.3, 0.4) is 0 Å². The SMILES string of the molecule is CN(C)C1(c2ccccc2)CCC(c2[nH]c3ccccc3c2CCN2C(=O)CCC2=O)CC1. The number of carbonyl (C=O) groups excluding carboxylic acids is 2. The van der Waals surface area contributed by atoms with Gasteiger partial charge in [0.1, 0.15) is 0 Å². The molecule has 1 saturated heterocycles. The predicted molar refractivity (Wildman–Crippen MR) is 131 cm³/mol. The van der Waals surface area contributed by atoms with Crippen LogP contribution < -0.4 is 0 Å². The van der Waals surface area contributed by atoms with Crippen molar-refractivity contribution in [2.24, 2.45) is 0 Å². The molecule has 1 aliphatic heterocycles. The maximum Gasteiger partial charge on any atom is 0.229 e. The van der Waals surface area contributed by atoms with Crippen molar-refractivity contribution >= 4 is 22.7 Å². The van der Waals surface area contributed by atoms with Crippen LogP contribution in [-0.4, -0.2) is 47.2 Å². The number of nitrogens with zero attached hydrogens (tertiary/aromatic N) is 2. The van der Waals surface area contributed by atoms with Crippen molar-refractivity contribution in [3.05, 3.63) is 71.4 Å². The Morgan fingerprint density at radius 2 is 1.58 bits per heavy atom. The summed E-state index contributed by atoms with van der Waals surface area (Å²) in [4.78, 5) is 31.9. The van der Waals surface area contributed by atoms with Crippen molar-refractivity contribution < 1.29 is 9.59 Å². The Labute approximate surface area is 195 Å². The number of nitrogens with one attached hydrogen (secondary N) is 1. The molecule has 5 nitrogen and oxygen atoms in total. The molecule has 33 heavy (non-hydrogen) atoms. The smallest absolute Gasteiger partial charge is 0.229 e. The highest BCUT2D eigenvalue weighted by Gasteiger charge is 2.40. The van der Waals surface area contributed by atoms with E-state index in [0.717, 1.165) is 31.2 Å². The fraction of sp³-hybridized carbons (Fsp3) is 0.429. The van der Waals surface area contributed by atoms with Gasteiger partial charge in [-0.05, 0) is 69.3 Å². The van der Waals surface area contributed by atoms with Crippen LogP contribution in [0.4, 0.5) is 0 Å². The van der Waals surface area contributed by atoms with E-state index in [1.165, 1.54) is 27.1 Å². The fourth-order valence-electron chi connectivity index (χ4n) is 6.06. The summed E-state index contributed by atoms with van der Waals surface area (Å²) in [7, 11) is 4.40. The van der Waals surface area contributed by atoms with Gasteiger partial charge >= 0.3 is 0 Å². The monoisotopic (exact) mass is 443 g/mol. The number of rotatable bonds is 6. The summed E-state index contributed by atoms with van der Waals surface area (Å²) in [5.74, 6) is 0.393. The number of para-hydroxylation sites is 1. The number of hydrogen-bond acceptors (Lipinski definition) is 3. The highest BCUT2D eigenvalue weighted by molar-refractivity contribution is 6.02. The first-order valence-corrected chi connectivity index (χ1v) is 12.2. The van der Waals surface area contributed by atoms with Gasteiger partial charge in [0.05, 0.1) is 0 Å². The molecule has 5 rings (SSSR count).